The number of hydrogen-bond acceptors (Lipinski definition) is 5. The quantitative estimate of drug-likeness (QED) is 0.528. The molecule has 0 radical (unpaired) electrons. The Kier molecular flexibility index (Phi) is 5.89. The van der Waals surface area contributed by atoms with Crippen LogP contribution in [0.4, 0.5) is 0 Å². The first-order valence-electron chi connectivity index (χ1n) is 7.39. The molecule has 0 aliphatic carbocycles. The number of nitrogens with two attached hydrogens (primary N) is 1. The Morgan fingerprint density at radius 1 is 1.04 bits per heavy atom. The van der Waals surface area contributed by atoms with Gasteiger partial charge in [-0.2, -0.15) is 0 Å². The molecule has 3 N–H and O–H groups in total. The molecule has 0 saturated heterocycles. The van der Waals surface area contributed by atoms with Crippen LogP contribution < -0.4 is 15.2 Å². The van der Waals surface area contributed by atoms with Crippen molar-refractivity contribution in [1.29, 1.82) is 0 Å². The van der Waals surface area contributed by atoms with Gasteiger partial charge in [0.1, 0.15) is 18.0 Å². The van der Waals surface area contributed by atoms with Crippen LogP contribution in [0.25, 0.3) is 0 Å². The predicted octanol–water partition coefficient (Wildman–Crippen LogP) is 1.26. The summed E-state index contributed by atoms with van der Waals surface area (Å²) in [7, 11) is -1.54. The topological polar surface area (TPSA) is 108 Å². The third-order valence-electron chi connectivity index (χ3n) is 3.32. The first kappa shape index (κ1) is 18.6. The number of carbonyl (C=O) groups is 2. The van der Waals surface area contributed by atoms with Crippen molar-refractivity contribution in [2.45, 2.75) is 4.90 Å². The molecule has 0 aromatic heterocycles. The third kappa shape index (κ3) is 5.40. The number of hydrogen-bond donors (Lipinski definition) is 3. The van der Waals surface area contributed by atoms with Gasteiger partial charge in [0.2, 0.25) is 0 Å². The van der Waals surface area contributed by atoms with Crippen LogP contribution in [0.15, 0.2) is 53.4 Å². The Hall–Kier alpha value is -2.71. The van der Waals surface area contributed by atoms with Crippen molar-refractivity contribution in [2.24, 2.45) is 5.14 Å². The second-order valence-corrected chi connectivity index (χ2v) is 7.87. The minimum Gasteiger partial charge on any atom is -0.468 e. The van der Waals surface area contributed by atoms with Crippen LogP contribution in [0, 0.1) is 0 Å². The van der Waals surface area contributed by atoms with Crippen LogP contribution in [0.2, 0.25) is 0 Å². The summed E-state index contributed by atoms with van der Waals surface area (Å²) in [6.07, 6.45) is 1.49. The van der Waals surface area contributed by atoms with Crippen molar-refractivity contribution in [3.63, 3.8) is 0 Å². The maximum Gasteiger partial charge on any atom is 0.325 e. The number of thiol groups is 1. The van der Waals surface area contributed by atoms with Gasteiger partial charge in [-0.15, -0.1) is 0 Å². The molecule has 7 nitrogen and oxygen atoms in total. The maximum atomic E-state index is 11.9. The number of benzene rings is 2. The molecule has 2 aromatic carbocycles. The number of rotatable bonds is 6. The molecular formula is C17H20N2O5S. The second-order valence-electron chi connectivity index (χ2n) is 5.37. The highest BCUT2D eigenvalue weighted by Crippen LogP contribution is 2.23. The zero-order valence-electron chi connectivity index (χ0n) is 13.9. The Morgan fingerprint density at radius 2 is 1.56 bits per heavy atom. The fourth-order valence-corrected chi connectivity index (χ4v) is 2.69. The number of esters is 1. The summed E-state index contributed by atoms with van der Waals surface area (Å²) < 4.78 is 21.9. The second kappa shape index (κ2) is 7.91. The molecule has 0 spiro atoms. The Balaban J connectivity index is 1.99. The third-order valence-corrected chi connectivity index (χ3v) is 4.65. The fourth-order valence-electron chi connectivity index (χ4n) is 1.95. The van der Waals surface area contributed by atoms with Gasteiger partial charge >= 0.3 is 5.97 Å². The normalized spacial score (nSPS) is 11.5. The molecule has 0 saturated carbocycles. The minimum atomic E-state index is -2.79. The summed E-state index contributed by atoms with van der Waals surface area (Å²) in [5.41, 5.74) is 0.390. The zero-order chi connectivity index (χ0) is 18.4. The molecule has 2 rings (SSSR count). The highest BCUT2D eigenvalue weighted by Gasteiger charge is 2.09. The number of ether oxygens (including phenoxy) is 2. The highest BCUT2D eigenvalue weighted by molar-refractivity contribution is 8.00. The zero-order valence-corrected chi connectivity index (χ0v) is 14.8. The van der Waals surface area contributed by atoms with E-state index >= 15 is 0 Å². The lowest BCUT2D eigenvalue weighted by Gasteiger charge is -2.13. The van der Waals surface area contributed by atoms with Crippen LogP contribution in [0.1, 0.15) is 10.4 Å². The van der Waals surface area contributed by atoms with Crippen LogP contribution in [0.3, 0.4) is 0 Å². The van der Waals surface area contributed by atoms with Crippen molar-refractivity contribution < 1.29 is 23.3 Å². The van der Waals surface area contributed by atoms with E-state index in [9.17, 15) is 13.8 Å². The maximum absolute atomic E-state index is 11.9. The molecule has 25 heavy (non-hydrogen) atoms. The highest BCUT2D eigenvalue weighted by atomic mass is 32.3. The Bertz CT molecular complexity index is 797. The van der Waals surface area contributed by atoms with Gasteiger partial charge in [-0.25, -0.2) is 0 Å². The van der Waals surface area contributed by atoms with Gasteiger partial charge in [0, 0.05) is 16.7 Å². The lowest BCUT2D eigenvalue weighted by molar-refractivity contribution is -0.139. The minimum absolute atomic E-state index is 0.192. The molecule has 0 aliphatic rings. The molecule has 0 aliphatic heterocycles. The van der Waals surface area contributed by atoms with E-state index in [4.69, 9.17) is 9.88 Å². The molecule has 0 atom stereocenters. The van der Waals surface area contributed by atoms with Crippen molar-refractivity contribution in [2.75, 3.05) is 19.9 Å². The average molecular weight is 364 g/mol. The van der Waals surface area contributed by atoms with Crippen LogP contribution >= 0.6 is 0 Å². The number of nitrogens with one attached hydrogen (secondary N) is 1. The summed E-state index contributed by atoms with van der Waals surface area (Å²) in [4.78, 5) is 23.4. The smallest absolute Gasteiger partial charge is 0.325 e. The van der Waals surface area contributed by atoms with Crippen LogP contribution in [-0.2, 0) is 19.7 Å². The average Bonchev–Trinajstić information content (AvgIpc) is 2.59. The van der Waals surface area contributed by atoms with E-state index in [0.717, 1.165) is 0 Å². The van der Waals surface area contributed by atoms with Crippen molar-refractivity contribution in [1.82, 2.24) is 5.32 Å². The van der Waals surface area contributed by atoms with Gasteiger partial charge in [0.25, 0.3) is 5.91 Å². The van der Waals surface area contributed by atoms with Crippen LogP contribution in [0.5, 0.6) is 11.5 Å². The first-order chi connectivity index (χ1) is 11.8. The van der Waals surface area contributed by atoms with Gasteiger partial charge in [-0.05, 0) is 58.6 Å². The Morgan fingerprint density at radius 3 is 2.04 bits per heavy atom. The van der Waals surface area contributed by atoms with Gasteiger partial charge < -0.3 is 14.8 Å². The number of methoxy groups -OCH3 is 1. The summed E-state index contributed by atoms with van der Waals surface area (Å²) in [6.45, 7) is -0.192. The largest absolute Gasteiger partial charge is 0.468 e. The van der Waals surface area contributed by atoms with E-state index in [0.29, 0.717) is 22.0 Å². The van der Waals surface area contributed by atoms with E-state index in [1.54, 1.807) is 48.5 Å². The molecular weight excluding hydrogens is 344 g/mol. The summed E-state index contributed by atoms with van der Waals surface area (Å²) in [6, 6.07) is 13.1. The molecule has 0 fully saturated rings. The van der Waals surface area contributed by atoms with Gasteiger partial charge in [-0.3, -0.25) is 18.9 Å². The Labute approximate surface area is 146 Å². The summed E-state index contributed by atoms with van der Waals surface area (Å²) in [5.74, 6) is 0.179. The molecule has 0 unspecified atom stereocenters. The van der Waals surface area contributed by atoms with E-state index in [2.05, 4.69) is 10.1 Å². The van der Waals surface area contributed by atoms with Gasteiger partial charge in [0.15, 0.2) is 0 Å². The van der Waals surface area contributed by atoms with E-state index in [1.807, 2.05) is 0 Å². The standard InChI is InChI=1S/C17H20N2O5S/c1-23-16(20)11-19-17(21)12-3-5-13(6-4-12)24-14-7-9-15(10-8-14)25(2,18)22/h3-10,25H,11H2,1-2H3,(H2,18,22)(H,19,21). The van der Waals surface area contributed by atoms with E-state index in [-0.39, 0.29) is 12.5 Å². The predicted molar refractivity (Wildman–Crippen MR) is 95.2 cm³/mol. The van der Waals surface area contributed by atoms with Crippen molar-refractivity contribution in [3.8, 4) is 11.5 Å². The van der Waals surface area contributed by atoms with Crippen LogP contribution in [-0.4, -0.2) is 36.0 Å². The summed E-state index contributed by atoms with van der Waals surface area (Å²) >= 11 is 0. The van der Waals surface area contributed by atoms with Gasteiger partial charge in [0.05, 0.1) is 7.11 Å². The molecule has 2 aromatic rings. The number of amides is 1. The van der Waals surface area contributed by atoms with Crippen molar-refractivity contribution in [3.05, 3.63) is 54.1 Å². The molecule has 0 bridgehead atoms. The summed E-state index contributed by atoms with van der Waals surface area (Å²) in [5, 5.41) is 8.05. The van der Waals surface area contributed by atoms with E-state index in [1.165, 1.54) is 13.4 Å². The number of carbonyl (C=O) groups excluding carboxylic acids is 2. The van der Waals surface area contributed by atoms with Crippen molar-refractivity contribution >= 4 is 22.0 Å². The SMILES string of the molecule is COC(=O)CNC(=O)c1ccc(Oc2ccc([SH](C)(N)=O)cc2)cc1. The monoisotopic (exact) mass is 364 g/mol. The molecule has 1 amide bonds. The molecule has 134 valence electrons. The first-order valence-corrected chi connectivity index (χ1v) is 9.61. The molecule has 8 heteroatoms. The van der Waals surface area contributed by atoms with Gasteiger partial charge in [-0.1, -0.05) is 0 Å². The van der Waals surface area contributed by atoms with E-state index < -0.39 is 16.1 Å². The fraction of sp³-hybridized carbons (Fsp3) is 0.176. The lowest BCUT2D eigenvalue weighted by Crippen LogP contribution is -2.30. The lowest BCUT2D eigenvalue weighted by atomic mass is 10.2. The molecule has 0 heterocycles.